The second kappa shape index (κ2) is 6.40. The van der Waals surface area contributed by atoms with Gasteiger partial charge in [-0.3, -0.25) is 14.5 Å². The second-order valence-electron chi connectivity index (χ2n) is 5.19. The van der Waals surface area contributed by atoms with Gasteiger partial charge in [0.2, 0.25) is 0 Å². The molecule has 0 aromatic heterocycles. The molecule has 0 saturated heterocycles. The summed E-state index contributed by atoms with van der Waals surface area (Å²) >= 11 is 5.78. The highest BCUT2D eigenvalue weighted by Gasteiger charge is 2.36. The number of hydrogen-bond acceptors (Lipinski definition) is 4. The molecule has 2 aromatic carbocycles. The lowest BCUT2D eigenvalue weighted by Crippen LogP contribution is -2.39. The summed E-state index contributed by atoms with van der Waals surface area (Å²) < 4.78 is 5.42. The molecule has 3 rings (SSSR count). The zero-order valence-corrected chi connectivity index (χ0v) is 12.9. The highest BCUT2D eigenvalue weighted by molar-refractivity contribution is 6.30. The van der Waals surface area contributed by atoms with Crippen molar-refractivity contribution in [2.75, 3.05) is 13.2 Å². The number of halogens is 1. The number of aliphatic hydroxyl groups excluding tert-OH is 1. The summed E-state index contributed by atoms with van der Waals surface area (Å²) in [4.78, 5) is 25.4. The number of amides is 2. The first-order valence-electron chi connectivity index (χ1n) is 7.08. The van der Waals surface area contributed by atoms with Gasteiger partial charge < -0.3 is 9.84 Å². The van der Waals surface area contributed by atoms with Crippen LogP contribution >= 0.6 is 11.6 Å². The van der Waals surface area contributed by atoms with Gasteiger partial charge in [-0.2, -0.15) is 0 Å². The molecule has 0 saturated carbocycles. The average molecular weight is 332 g/mol. The molecule has 1 atom stereocenters. The van der Waals surface area contributed by atoms with Crippen molar-refractivity contribution in [3.63, 3.8) is 0 Å². The minimum absolute atomic E-state index is 0.0327. The van der Waals surface area contributed by atoms with Gasteiger partial charge in [-0.25, -0.2) is 0 Å². The minimum Gasteiger partial charge on any atom is -0.491 e. The first-order chi connectivity index (χ1) is 11.1. The average Bonchev–Trinajstić information content (AvgIpc) is 2.80. The molecule has 5 nitrogen and oxygen atoms in total. The Balaban J connectivity index is 1.60. The largest absolute Gasteiger partial charge is 0.491 e. The number of benzene rings is 2. The zero-order valence-electron chi connectivity index (χ0n) is 12.1. The Hall–Kier alpha value is -2.37. The molecule has 6 heteroatoms. The molecule has 2 amide bonds. The smallest absolute Gasteiger partial charge is 0.261 e. The Morgan fingerprint density at radius 1 is 1.00 bits per heavy atom. The zero-order chi connectivity index (χ0) is 16.4. The molecule has 0 spiro atoms. The molecule has 1 heterocycles. The predicted octanol–water partition coefficient (Wildman–Crippen LogP) is 2.38. The van der Waals surface area contributed by atoms with E-state index in [-0.39, 0.29) is 13.2 Å². The van der Waals surface area contributed by atoms with Crippen molar-refractivity contribution in [1.29, 1.82) is 0 Å². The maximum atomic E-state index is 12.2. The standard InChI is InChI=1S/C17H14ClNO4/c18-11-5-7-13(8-6-11)23-10-12(20)9-19-16(21)14-3-1-2-4-15(14)17(19)22/h1-8,12,20H,9-10H2/t12-/m0/s1. The van der Waals surface area contributed by atoms with Crippen LogP contribution in [0.15, 0.2) is 48.5 Å². The quantitative estimate of drug-likeness (QED) is 0.854. The number of β-amino-alcohol motifs (C(OH)–C–C–N with tert-alkyl or cyclic N) is 1. The topological polar surface area (TPSA) is 66.8 Å². The van der Waals surface area contributed by atoms with E-state index in [0.29, 0.717) is 21.9 Å². The highest BCUT2D eigenvalue weighted by atomic mass is 35.5. The van der Waals surface area contributed by atoms with Crippen molar-refractivity contribution in [3.05, 3.63) is 64.7 Å². The van der Waals surface area contributed by atoms with E-state index in [4.69, 9.17) is 16.3 Å². The fourth-order valence-corrected chi connectivity index (χ4v) is 2.52. The van der Waals surface area contributed by atoms with Crippen molar-refractivity contribution in [2.24, 2.45) is 0 Å². The summed E-state index contributed by atoms with van der Waals surface area (Å²) in [5.74, 6) is -0.233. The molecule has 0 fully saturated rings. The molecule has 1 N–H and O–H groups in total. The van der Waals surface area contributed by atoms with E-state index in [2.05, 4.69) is 0 Å². The Labute approximate surface area is 138 Å². The molecule has 0 radical (unpaired) electrons. The van der Waals surface area contributed by atoms with Crippen LogP contribution in [0.5, 0.6) is 5.75 Å². The molecule has 0 aliphatic carbocycles. The van der Waals surface area contributed by atoms with E-state index in [0.717, 1.165) is 4.90 Å². The van der Waals surface area contributed by atoms with E-state index < -0.39 is 17.9 Å². The Morgan fingerprint density at radius 3 is 2.13 bits per heavy atom. The van der Waals surface area contributed by atoms with Crippen LogP contribution in [-0.4, -0.2) is 41.1 Å². The number of aliphatic hydroxyl groups is 1. The lowest BCUT2D eigenvalue weighted by atomic mass is 10.1. The highest BCUT2D eigenvalue weighted by Crippen LogP contribution is 2.22. The van der Waals surface area contributed by atoms with Crippen LogP contribution in [0.3, 0.4) is 0 Å². The van der Waals surface area contributed by atoms with Crippen molar-refractivity contribution >= 4 is 23.4 Å². The molecular formula is C17H14ClNO4. The van der Waals surface area contributed by atoms with Gasteiger partial charge in [0.15, 0.2) is 0 Å². The number of carbonyl (C=O) groups excluding carboxylic acids is 2. The van der Waals surface area contributed by atoms with Crippen LogP contribution in [0.25, 0.3) is 0 Å². The third-order valence-corrected chi connectivity index (χ3v) is 3.78. The van der Waals surface area contributed by atoms with Gasteiger partial charge in [-0.1, -0.05) is 23.7 Å². The van der Waals surface area contributed by atoms with Gasteiger partial charge in [0.25, 0.3) is 11.8 Å². The van der Waals surface area contributed by atoms with E-state index in [1.807, 2.05) is 0 Å². The lowest BCUT2D eigenvalue weighted by molar-refractivity contribution is 0.0457. The van der Waals surface area contributed by atoms with E-state index in [1.54, 1.807) is 48.5 Å². The van der Waals surface area contributed by atoms with Crippen molar-refractivity contribution < 1.29 is 19.4 Å². The van der Waals surface area contributed by atoms with Crippen LogP contribution in [0.1, 0.15) is 20.7 Å². The summed E-state index contributed by atoms with van der Waals surface area (Å²) in [6, 6.07) is 13.3. The summed E-state index contributed by atoms with van der Waals surface area (Å²) in [5, 5.41) is 10.6. The van der Waals surface area contributed by atoms with Crippen LogP contribution < -0.4 is 4.74 Å². The Morgan fingerprint density at radius 2 is 1.57 bits per heavy atom. The van der Waals surface area contributed by atoms with Gasteiger partial charge in [-0.15, -0.1) is 0 Å². The van der Waals surface area contributed by atoms with Crippen molar-refractivity contribution in [3.8, 4) is 5.75 Å². The molecular weight excluding hydrogens is 318 g/mol. The summed E-state index contributed by atoms with van der Waals surface area (Å²) in [5.41, 5.74) is 0.728. The molecule has 0 bridgehead atoms. The lowest BCUT2D eigenvalue weighted by Gasteiger charge is -2.18. The fourth-order valence-electron chi connectivity index (χ4n) is 2.39. The van der Waals surface area contributed by atoms with Crippen molar-refractivity contribution in [1.82, 2.24) is 4.90 Å². The monoisotopic (exact) mass is 331 g/mol. The molecule has 23 heavy (non-hydrogen) atoms. The first-order valence-corrected chi connectivity index (χ1v) is 7.45. The molecule has 118 valence electrons. The van der Waals surface area contributed by atoms with Gasteiger partial charge in [0, 0.05) is 5.02 Å². The number of nitrogens with zero attached hydrogens (tertiary/aromatic N) is 1. The van der Waals surface area contributed by atoms with E-state index in [1.165, 1.54) is 0 Å². The fraction of sp³-hybridized carbons (Fsp3) is 0.176. The first kappa shape index (κ1) is 15.5. The maximum absolute atomic E-state index is 12.2. The number of imide groups is 1. The normalized spacial score (nSPS) is 14.8. The summed E-state index contributed by atoms with van der Waals surface area (Å²) in [6.45, 7) is -0.144. The Kier molecular flexibility index (Phi) is 4.32. The Bertz CT molecular complexity index is 710. The van der Waals surface area contributed by atoms with Gasteiger partial charge in [-0.05, 0) is 36.4 Å². The van der Waals surface area contributed by atoms with Crippen molar-refractivity contribution in [2.45, 2.75) is 6.10 Å². The van der Waals surface area contributed by atoms with Crippen LogP contribution in [-0.2, 0) is 0 Å². The summed E-state index contributed by atoms with van der Waals surface area (Å²) in [7, 11) is 0. The third kappa shape index (κ3) is 3.21. The number of fused-ring (bicyclic) bond motifs is 1. The van der Waals surface area contributed by atoms with E-state index >= 15 is 0 Å². The SMILES string of the molecule is O=C1c2ccccc2C(=O)N1C[C@H](O)COc1ccc(Cl)cc1. The van der Waals surface area contributed by atoms with E-state index in [9.17, 15) is 14.7 Å². The second-order valence-corrected chi connectivity index (χ2v) is 5.62. The number of hydrogen-bond donors (Lipinski definition) is 1. The summed E-state index contributed by atoms with van der Waals surface area (Å²) in [6.07, 6.45) is -0.979. The number of ether oxygens (including phenoxy) is 1. The molecule has 2 aromatic rings. The minimum atomic E-state index is -0.979. The predicted molar refractivity (Wildman–Crippen MR) is 84.8 cm³/mol. The van der Waals surface area contributed by atoms with Crippen LogP contribution in [0.2, 0.25) is 5.02 Å². The molecule has 1 aliphatic rings. The molecule has 1 aliphatic heterocycles. The molecule has 0 unspecified atom stereocenters. The maximum Gasteiger partial charge on any atom is 0.261 e. The van der Waals surface area contributed by atoms with Gasteiger partial charge in [0.05, 0.1) is 17.7 Å². The van der Waals surface area contributed by atoms with Gasteiger partial charge >= 0.3 is 0 Å². The van der Waals surface area contributed by atoms with Crippen LogP contribution in [0, 0.1) is 0 Å². The number of rotatable bonds is 5. The van der Waals surface area contributed by atoms with Crippen LogP contribution in [0.4, 0.5) is 0 Å². The van der Waals surface area contributed by atoms with Gasteiger partial charge in [0.1, 0.15) is 18.5 Å². The third-order valence-electron chi connectivity index (χ3n) is 3.53. The number of carbonyl (C=O) groups is 2.